The first-order valence-electron chi connectivity index (χ1n) is 6.10. The van der Waals surface area contributed by atoms with Crippen molar-refractivity contribution in [3.63, 3.8) is 0 Å². The summed E-state index contributed by atoms with van der Waals surface area (Å²) >= 11 is 0. The molecule has 0 aliphatic heterocycles. The molecule has 0 saturated heterocycles. The number of rotatable bonds is 3. The molecule has 0 N–H and O–H groups in total. The van der Waals surface area contributed by atoms with Crippen LogP contribution < -0.4 is 61.6 Å². The average Bonchev–Trinajstić information content (AvgIpc) is 2.31. The molecule has 1 aliphatic carbocycles. The van der Waals surface area contributed by atoms with Gasteiger partial charge in [-0.25, -0.2) is 0 Å². The summed E-state index contributed by atoms with van der Waals surface area (Å²) in [4.78, 5) is 0. The Labute approximate surface area is 154 Å². The molecule has 1 aromatic rings. The van der Waals surface area contributed by atoms with Crippen molar-refractivity contribution in [2.24, 2.45) is 0 Å². The van der Waals surface area contributed by atoms with Gasteiger partial charge in [0.1, 0.15) is 6.10 Å². The molecule has 0 radical (unpaired) electrons. The van der Waals surface area contributed by atoms with E-state index >= 15 is 0 Å². The van der Waals surface area contributed by atoms with Gasteiger partial charge in [0, 0.05) is 0 Å². The fourth-order valence-electron chi connectivity index (χ4n) is 2.07. The molecular formula is C13H15BF3KO. The Hall–Kier alpha value is 0.251. The predicted octanol–water partition coefficient (Wildman–Crippen LogP) is 0.541. The molecule has 98 valence electrons. The van der Waals surface area contributed by atoms with Crippen molar-refractivity contribution in [2.75, 3.05) is 0 Å². The summed E-state index contributed by atoms with van der Waals surface area (Å²) in [5.41, 5.74) is -0.0373. The van der Waals surface area contributed by atoms with Gasteiger partial charge in [-0.1, -0.05) is 29.2 Å². The van der Waals surface area contributed by atoms with Crippen LogP contribution in [0, 0.1) is 6.92 Å². The van der Waals surface area contributed by atoms with Crippen LogP contribution in [-0.4, -0.2) is 13.1 Å². The van der Waals surface area contributed by atoms with Gasteiger partial charge in [-0.05, 0) is 38.3 Å². The van der Waals surface area contributed by atoms with Crippen molar-refractivity contribution in [1.82, 2.24) is 0 Å². The first-order chi connectivity index (χ1) is 8.47. The molecule has 0 spiro atoms. The van der Waals surface area contributed by atoms with E-state index in [1.165, 1.54) is 6.07 Å². The monoisotopic (exact) mass is 294 g/mol. The van der Waals surface area contributed by atoms with Crippen LogP contribution in [0.25, 0.3) is 0 Å². The zero-order chi connectivity index (χ0) is 13.2. The summed E-state index contributed by atoms with van der Waals surface area (Å²) in [5.74, 6) is -0.0512. The summed E-state index contributed by atoms with van der Waals surface area (Å²) in [6, 6.07) is 4.22. The molecule has 1 aromatic carbocycles. The molecule has 1 aliphatic rings. The number of hydrogen-bond acceptors (Lipinski definition) is 1. The van der Waals surface area contributed by atoms with Crippen LogP contribution in [0.5, 0.6) is 5.75 Å². The fourth-order valence-corrected chi connectivity index (χ4v) is 2.07. The maximum atomic E-state index is 12.9. The van der Waals surface area contributed by atoms with Crippen molar-refractivity contribution in [3.8, 4) is 5.75 Å². The normalized spacial score (nSPS) is 18.8. The third kappa shape index (κ3) is 4.94. The van der Waals surface area contributed by atoms with Gasteiger partial charge >= 0.3 is 58.4 Å². The van der Waals surface area contributed by atoms with Crippen LogP contribution in [0.1, 0.15) is 24.8 Å². The van der Waals surface area contributed by atoms with Gasteiger partial charge in [0.25, 0.3) is 0 Å². The van der Waals surface area contributed by atoms with E-state index in [9.17, 15) is 12.9 Å². The largest absolute Gasteiger partial charge is 1.00 e. The maximum absolute atomic E-state index is 12.9. The minimum atomic E-state index is -5.04. The average molecular weight is 294 g/mol. The van der Waals surface area contributed by atoms with Crippen LogP contribution >= 0.6 is 0 Å². The molecule has 6 heteroatoms. The number of ether oxygens (including phenoxy) is 1. The molecule has 0 heterocycles. The van der Waals surface area contributed by atoms with Crippen molar-refractivity contribution in [3.05, 3.63) is 35.9 Å². The molecule has 1 nitrogen and oxygen atoms in total. The Morgan fingerprint density at radius 2 is 2.00 bits per heavy atom. The predicted molar refractivity (Wildman–Crippen MR) is 67.3 cm³/mol. The SMILES string of the molecule is Cc1ccc(OC2C=CCCC2)c([B-](F)(F)F)c1.[K+]. The fraction of sp³-hybridized carbons (Fsp3) is 0.385. The van der Waals surface area contributed by atoms with Crippen LogP contribution in [0.15, 0.2) is 30.4 Å². The summed E-state index contributed by atoms with van der Waals surface area (Å²) in [5, 5.41) is 0. The number of benzene rings is 1. The summed E-state index contributed by atoms with van der Waals surface area (Å²) in [6.07, 6.45) is 6.27. The van der Waals surface area contributed by atoms with Crippen molar-refractivity contribution < 1.29 is 69.1 Å². The minimum Gasteiger partial charge on any atom is -0.489 e. The van der Waals surface area contributed by atoms with Gasteiger partial charge in [0.05, 0.1) is 5.75 Å². The number of hydrogen-bond donors (Lipinski definition) is 0. The Kier molecular flexibility index (Phi) is 6.66. The second-order valence-electron chi connectivity index (χ2n) is 4.63. The van der Waals surface area contributed by atoms with Crippen molar-refractivity contribution in [1.29, 1.82) is 0 Å². The molecule has 1 atom stereocenters. The first kappa shape index (κ1) is 17.3. The van der Waals surface area contributed by atoms with Crippen LogP contribution in [-0.2, 0) is 0 Å². The zero-order valence-corrected chi connectivity index (χ0v) is 14.3. The molecule has 19 heavy (non-hydrogen) atoms. The Balaban J connectivity index is 0.00000180. The van der Waals surface area contributed by atoms with Crippen LogP contribution in [0.4, 0.5) is 12.9 Å². The van der Waals surface area contributed by atoms with Gasteiger partial charge in [0.2, 0.25) is 0 Å². The third-order valence-electron chi connectivity index (χ3n) is 3.01. The van der Waals surface area contributed by atoms with E-state index in [0.717, 1.165) is 25.3 Å². The molecule has 2 rings (SSSR count). The molecule has 1 unspecified atom stereocenters. The smallest absolute Gasteiger partial charge is 0.489 e. The van der Waals surface area contributed by atoms with E-state index < -0.39 is 12.4 Å². The molecular weight excluding hydrogens is 279 g/mol. The maximum Gasteiger partial charge on any atom is 1.00 e. The number of halogens is 3. The summed E-state index contributed by atoms with van der Waals surface area (Å²) in [7, 11) is 0. The quantitative estimate of drug-likeness (QED) is 0.584. The topological polar surface area (TPSA) is 9.23 Å². The number of aryl methyl sites for hydroxylation is 1. The van der Waals surface area contributed by atoms with Gasteiger partial charge < -0.3 is 17.7 Å². The van der Waals surface area contributed by atoms with Crippen LogP contribution in [0.2, 0.25) is 0 Å². The Bertz CT molecular complexity index is 460. The second-order valence-corrected chi connectivity index (χ2v) is 4.63. The van der Waals surface area contributed by atoms with E-state index in [2.05, 4.69) is 0 Å². The van der Waals surface area contributed by atoms with E-state index in [4.69, 9.17) is 4.74 Å². The Morgan fingerprint density at radius 1 is 1.26 bits per heavy atom. The molecule has 0 amide bonds. The van der Waals surface area contributed by atoms with Gasteiger partial charge in [-0.3, -0.25) is 0 Å². The van der Waals surface area contributed by atoms with E-state index in [0.29, 0.717) is 5.56 Å². The van der Waals surface area contributed by atoms with Crippen molar-refractivity contribution >= 4 is 12.4 Å². The molecule has 0 fully saturated rings. The van der Waals surface area contributed by atoms with E-state index in [-0.39, 0.29) is 63.2 Å². The molecule has 0 saturated carbocycles. The first-order valence-corrected chi connectivity index (χ1v) is 6.10. The minimum absolute atomic E-state index is 0. The summed E-state index contributed by atoms with van der Waals surface area (Å²) < 4.78 is 44.3. The zero-order valence-electron chi connectivity index (χ0n) is 11.2. The van der Waals surface area contributed by atoms with Gasteiger partial charge in [-0.15, -0.1) is 0 Å². The van der Waals surface area contributed by atoms with Gasteiger partial charge in [0.15, 0.2) is 0 Å². The standard InChI is InChI=1S/C13H15BF3O.K/c1-10-7-8-13(12(9-10)14(15,16)17)18-11-5-3-2-4-6-11;/h3,5,7-9,11H,2,4,6H2,1H3;/q-1;+1. The third-order valence-corrected chi connectivity index (χ3v) is 3.01. The van der Waals surface area contributed by atoms with Gasteiger partial charge in [-0.2, -0.15) is 0 Å². The molecule has 0 bridgehead atoms. The van der Waals surface area contributed by atoms with E-state index in [1.54, 1.807) is 13.0 Å². The summed E-state index contributed by atoms with van der Waals surface area (Å²) in [6.45, 7) is -3.39. The Morgan fingerprint density at radius 3 is 2.58 bits per heavy atom. The number of allylic oxidation sites excluding steroid dienone is 1. The van der Waals surface area contributed by atoms with Crippen molar-refractivity contribution in [2.45, 2.75) is 32.3 Å². The van der Waals surface area contributed by atoms with Crippen LogP contribution in [0.3, 0.4) is 0 Å². The molecule has 0 aromatic heterocycles. The second kappa shape index (κ2) is 7.31. The van der Waals surface area contributed by atoms with E-state index in [1.807, 2.05) is 12.2 Å².